The number of thioether (sulfide) groups is 1. The molecular weight excluding hydrogens is 486 g/mol. The molecule has 1 aliphatic heterocycles. The first kappa shape index (κ1) is 29.7. The van der Waals surface area contributed by atoms with E-state index in [1.807, 2.05) is 24.3 Å². The van der Waals surface area contributed by atoms with E-state index in [9.17, 15) is 9.59 Å². The van der Waals surface area contributed by atoms with Gasteiger partial charge in [-0.1, -0.05) is 18.1 Å². The Morgan fingerprint density at radius 1 is 1.06 bits per heavy atom. The maximum Gasteiger partial charge on any atom is 0.315 e. The van der Waals surface area contributed by atoms with Gasteiger partial charge >= 0.3 is 6.03 Å². The molecule has 0 aliphatic carbocycles. The number of urea groups is 1. The third kappa shape index (κ3) is 13.0. The molecule has 0 aromatic heterocycles. The molecule has 1 fully saturated rings. The van der Waals surface area contributed by atoms with Gasteiger partial charge < -0.3 is 39.6 Å². The molecule has 200 valence electrons. The molecule has 1 aliphatic rings. The fourth-order valence-corrected chi connectivity index (χ4v) is 4.37. The van der Waals surface area contributed by atoms with Crippen molar-refractivity contribution in [2.75, 3.05) is 72.3 Å². The fraction of sp³-hybridized carbons (Fsp3) is 0.600. The molecule has 1 saturated heterocycles. The predicted molar refractivity (Wildman–Crippen MR) is 138 cm³/mol. The summed E-state index contributed by atoms with van der Waals surface area (Å²) in [5.74, 6) is 3.48. The number of carbonyl (C=O) groups is 2. The van der Waals surface area contributed by atoms with E-state index >= 15 is 0 Å². The van der Waals surface area contributed by atoms with Gasteiger partial charge in [-0.25, -0.2) is 4.79 Å². The maximum absolute atomic E-state index is 12.3. The van der Waals surface area contributed by atoms with Crippen LogP contribution in [0.4, 0.5) is 4.79 Å². The van der Waals surface area contributed by atoms with Gasteiger partial charge in [0.1, 0.15) is 12.4 Å². The molecule has 1 aromatic carbocycles. The summed E-state index contributed by atoms with van der Waals surface area (Å²) in [7, 11) is 1.61. The number of methoxy groups -OCH3 is 1. The van der Waals surface area contributed by atoms with Crippen molar-refractivity contribution in [3.05, 3.63) is 29.8 Å². The van der Waals surface area contributed by atoms with Gasteiger partial charge in [0.2, 0.25) is 5.91 Å². The van der Waals surface area contributed by atoms with Crippen LogP contribution in [0.3, 0.4) is 0 Å². The molecule has 2 rings (SSSR count). The number of carbonyl (C=O) groups excluding carboxylic acids is 2. The molecule has 1 heterocycles. The zero-order valence-electron chi connectivity index (χ0n) is 20.8. The Bertz CT molecular complexity index is 804. The zero-order chi connectivity index (χ0) is 25.8. The van der Waals surface area contributed by atoms with Gasteiger partial charge in [0.25, 0.3) is 0 Å². The highest BCUT2D eigenvalue weighted by Gasteiger charge is 2.29. The molecular formula is C25H37N3O7S. The van der Waals surface area contributed by atoms with E-state index in [4.69, 9.17) is 30.1 Å². The monoisotopic (exact) mass is 523 g/mol. The Balaban J connectivity index is 1.54. The Morgan fingerprint density at radius 2 is 1.69 bits per heavy atom. The summed E-state index contributed by atoms with van der Waals surface area (Å²) in [6.07, 6.45) is 5.83. The predicted octanol–water partition coefficient (Wildman–Crippen LogP) is 1.39. The van der Waals surface area contributed by atoms with Crippen LogP contribution < -0.4 is 20.7 Å². The van der Waals surface area contributed by atoms with E-state index in [2.05, 4.69) is 21.9 Å². The minimum absolute atomic E-state index is 0.0835. The highest BCUT2D eigenvalue weighted by atomic mass is 32.2. The summed E-state index contributed by atoms with van der Waals surface area (Å²) < 4.78 is 26.7. The van der Waals surface area contributed by atoms with Crippen LogP contribution in [0.25, 0.3) is 0 Å². The standard InChI is InChI=1S/C25H37N3O7S/c1-3-9-32-11-13-34-15-16-35-14-12-33-10-8-21-18-27-25(30)28-24(21)36-19-23(29)26-17-20-4-6-22(31-2)7-5-20/h1,4-7,21,24H,8-19H2,2H3,(H,26,29)(H2,27,28,30). The number of rotatable bonds is 19. The average molecular weight is 524 g/mol. The summed E-state index contributed by atoms with van der Waals surface area (Å²) >= 11 is 1.43. The minimum atomic E-state index is -0.221. The van der Waals surface area contributed by atoms with Crippen LogP contribution in [-0.2, 0) is 30.3 Å². The molecule has 36 heavy (non-hydrogen) atoms. The molecule has 3 amide bonds. The lowest BCUT2D eigenvalue weighted by atomic mass is 10.0. The highest BCUT2D eigenvalue weighted by molar-refractivity contribution is 8.00. The first-order valence-corrected chi connectivity index (χ1v) is 13.0. The van der Waals surface area contributed by atoms with Gasteiger partial charge in [-0.3, -0.25) is 4.79 Å². The summed E-state index contributed by atoms with van der Waals surface area (Å²) in [6.45, 7) is 4.68. The second-order valence-corrected chi connectivity index (χ2v) is 8.98. The fourth-order valence-electron chi connectivity index (χ4n) is 3.25. The largest absolute Gasteiger partial charge is 0.497 e. The Labute approximate surface area is 217 Å². The Morgan fingerprint density at radius 3 is 2.33 bits per heavy atom. The van der Waals surface area contributed by atoms with Crippen molar-refractivity contribution in [1.29, 1.82) is 0 Å². The van der Waals surface area contributed by atoms with Crippen molar-refractivity contribution in [2.45, 2.75) is 18.3 Å². The van der Waals surface area contributed by atoms with E-state index in [1.165, 1.54) is 11.8 Å². The quantitative estimate of drug-likeness (QED) is 0.184. The number of benzene rings is 1. The van der Waals surface area contributed by atoms with Gasteiger partial charge in [0.05, 0.1) is 57.9 Å². The first-order valence-electron chi connectivity index (χ1n) is 11.9. The van der Waals surface area contributed by atoms with Crippen LogP contribution in [0.1, 0.15) is 12.0 Å². The lowest BCUT2D eigenvalue weighted by molar-refractivity contribution is -0.118. The number of terminal acetylenes is 1. The molecule has 10 nitrogen and oxygen atoms in total. The van der Waals surface area contributed by atoms with Crippen LogP contribution in [-0.4, -0.2) is 89.6 Å². The van der Waals surface area contributed by atoms with Crippen molar-refractivity contribution >= 4 is 23.7 Å². The van der Waals surface area contributed by atoms with E-state index in [1.54, 1.807) is 7.11 Å². The van der Waals surface area contributed by atoms with Crippen molar-refractivity contribution in [2.24, 2.45) is 5.92 Å². The zero-order valence-corrected chi connectivity index (χ0v) is 21.6. The lowest BCUT2D eigenvalue weighted by Crippen LogP contribution is -2.54. The maximum atomic E-state index is 12.3. The third-order valence-corrected chi connectivity index (χ3v) is 6.49. The summed E-state index contributed by atoms with van der Waals surface area (Å²) in [5, 5.41) is 8.47. The van der Waals surface area contributed by atoms with Crippen molar-refractivity contribution in [3.63, 3.8) is 0 Å². The Kier molecular flexibility index (Phi) is 15.5. The van der Waals surface area contributed by atoms with Gasteiger partial charge in [-0.2, -0.15) is 0 Å². The van der Waals surface area contributed by atoms with Crippen molar-refractivity contribution < 1.29 is 33.3 Å². The van der Waals surface area contributed by atoms with Gasteiger partial charge in [0.15, 0.2) is 0 Å². The molecule has 0 saturated carbocycles. The van der Waals surface area contributed by atoms with Gasteiger partial charge in [-0.15, -0.1) is 18.2 Å². The van der Waals surface area contributed by atoms with Crippen LogP contribution >= 0.6 is 11.8 Å². The second-order valence-electron chi connectivity index (χ2n) is 7.85. The number of hydrogen-bond acceptors (Lipinski definition) is 8. The van der Waals surface area contributed by atoms with Crippen LogP contribution in [0.5, 0.6) is 5.75 Å². The number of hydrogen-bond donors (Lipinski definition) is 3. The highest BCUT2D eigenvalue weighted by Crippen LogP contribution is 2.22. The van der Waals surface area contributed by atoms with Gasteiger partial charge in [0, 0.05) is 25.6 Å². The molecule has 0 spiro atoms. The molecule has 2 atom stereocenters. The number of amides is 3. The molecule has 0 bridgehead atoms. The van der Waals surface area contributed by atoms with Crippen LogP contribution in [0.2, 0.25) is 0 Å². The summed E-state index contributed by atoms with van der Waals surface area (Å²) in [4.78, 5) is 24.1. The van der Waals surface area contributed by atoms with Crippen LogP contribution in [0, 0.1) is 18.3 Å². The normalized spacial score (nSPS) is 17.1. The second kappa shape index (κ2) is 18.7. The average Bonchev–Trinajstić information content (AvgIpc) is 2.90. The van der Waals surface area contributed by atoms with Crippen molar-refractivity contribution in [1.82, 2.24) is 16.0 Å². The molecule has 2 unspecified atom stereocenters. The van der Waals surface area contributed by atoms with Crippen molar-refractivity contribution in [3.8, 4) is 18.1 Å². The Hall–Kier alpha value is -2.49. The summed E-state index contributed by atoms with van der Waals surface area (Å²) in [5.41, 5.74) is 0.988. The lowest BCUT2D eigenvalue weighted by Gasteiger charge is -2.32. The van der Waals surface area contributed by atoms with E-state index in [-0.39, 0.29) is 29.0 Å². The number of ether oxygens (including phenoxy) is 5. The SMILES string of the molecule is C#CCOCCOCCOCCOCCC1CNC(=O)NC1SCC(=O)NCc1ccc(OC)cc1. The minimum Gasteiger partial charge on any atom is -0.497 e. The molecule has 11 heteroatoms. The first-order chi connectivity index (χ1) is 17.6. The van der Waals surface area contributed by atoms with E-state index in [0.29, 0.717) is 65.9 Å². The van der Waals surface area contributed by atoms with E-state index < -0.39 is 0 Å². The summed E-state index contributed by atoms with van der Waals surface area (Å²) in [6, 6.07) is 7.31. The molecule has 1 aromatic rings. The topological polar surface area (TPSA) is 116 Å². The van der Waals surface area contributed by atoms with Crippen LogP contribution in [0.15, 0.2) is 24.3 Å². The number of nitrogens with one attached hydrogen (secondary N) is 3. The molecule has 0 radical (unpaired) electrons. The smallest absolute Gasteiger partial charge is 0.315 e. The molecule has 3 N–H and O–H groups in total. The van der Waals surface area contributed by atoms with E-state index in [0.717, 1.165) is 17.7 Å². The van der Waals surface area contributed by atoms with Gasteiger partial charge in [-0.05, 0) is 24.1 Å². The third-order valence-electron chi connectivity index (χ3n) is 5.20.